The molecule has 1 unspecified atom stereocenters. The first-order chi connectivity index (χ1) is 8.88. The van der Waals surface area contributed by atoms with Crippen molar-refractivity contribution in [3.8, 4) is 0 Å². The van der Waals surface area contributed by atoms with E-state index in [1.165, 1.54) is 11.8 Å². The molecule has 6 nitrogen and oxygen atoms in total. The zero-order valence-corrected chi connectivity index (χ0v) is 12.0. The normalized spacial score (nSPS) is 21.8. The highest BCUT2D eigenvalue weighted by molar-refractivity contribution is 7.80. The van der Waals surface area contributed by atoms with Gasteiger partial charge in [-0.15, -0.1) is 0 Å². The summed E-state index contributed by atoms with van der Waals surface area (Å²) < 4.78 is 0. The summed E-state index contributed by atoms with van der Waals surface area (Å²) in [4.78, 5) is 36.3. The molecule has 0 radical (unpaired) electrons. The maximum atomic E-state index is 12.1. The summed E-state index contributed by atoms with van der Waals surface area (Å²) in [5.41, 5.74) is 0. The Morgan fingerprint density at radius 1 is 1.42 bits per heavy atom. The van der Waals surface area contributed by atoms with Crippen LogP contribution in [-0.4, -0.2) is 52.2 Å². The number of carbonyl (C=O) groups is 3. The topological polar surface area (TPSA) is 86.7 Å². The molecular formula is C12H20N2O4S. The molecule has 0 saturated carbocycles. The van der Waals surface area contributed by atoms with Crippen LogP contribution in [0.1, 0.15) is 26.7 Å². The quantitative estimate of drug-likeness (QED) is 0.628. The van der Waals surface area contributed by atoms with E-state index in [-0.39, 0.29) is 11.8 Å². The molecule has 108 valence electrons. The summed E-state index contributed by atoms with van der Waals surface area (Å²) in [6, 6.07) is -1.51. The number of likely N-dealkylation sites (tertiary alicyclic amines) is 1. The Balaban J connectivity index is 2.68. The second kappa shape index (κ2) is 6.79. The van der Waals surface area contributed by atoms with Gasteiger partial charge in [0.25, 0.3) is 0 Å². The first kappa shape index (κ1) is 15.8. The molecule has 1 aliphatic rings. The van der Waals surface area contributed by atoms with E-state index in [2.05, 4.69) is 17.9 Å². The highest BCUT2D eigenvalue weighted by atomic mass is 32.1. The van der Waals surface area contributed by atoms with Crippen molar-refractivity contribution in [3.05, 3.63) is 0 Å². The van der Waals surface area contributed by atoms with Crippen LogP contribution in [0.15, 0.2) is 0 Å². The summed E-state index contributed by atoms with van der Waals surface area (Å²) in [6.45, 7) is 3.71. The highest BCUT2D eigenvalue weighted by Crippen LogP contribution is 2.20. The first-order valence-corrected chi connectivity index (χ1v) is 6.96. The number of carbonyl (C=O) groups excluding carboxylic acids is 2. The molecule has 0 aromatic carbocycles. The van der Waals surface area contributed by atoms with Crippen molar-refractivity contribution in [2.24, 2.45) is 5.92 Å². The van der Waals surface area contributed by atoms with Gasteiger partial charge in [-0.25, -0.2) is 0 Å². The average Bonchev–Trinajstić information content (AvgIpc) is 2.85. The molecule has 2 N–H and O–H groups in total. The van der Waals surface area contributed by atoms with Crippen LogP contribution < -0.4 is 5.32 Å². The fraction of sp³-hybridized carbons (Fsp3) is 0.750. The van der Waals surface area contributed by atoms with Crippen LogP contribution in [0.4, 0.5) is 0 Å². The molecule has 1 fully saturated rings. The number of hydrogen-bond acceptors (Lipinski definition) is 4. The molecule has 0 aromatic rings. The summed E-state index contributed by atoms with van der Waals surface area (Å²) in [7, 11) is 0. The Morgan fingerprint density at radius 2 is 2.05 bits per heavy atom. The number of nitrogens with one attached hydrogen (secondary N) is 1. The van der Waals surface area contributed by atoms with E-state index in [1.54, 1.807) is 6.92 Å². The number of nitrogens with zero attached hydrogens (tertiary/aromatic N) is 1. The average molecular weight is 288 g/mol. The lowest BCUT2D eigenvalue weighted by Crippen LogP contribution is -2.51. The maximum Gasteiger partial charge on any atom is 0.325 e. The molecular weight excluding hydrogens is 268 g/mol. The van der Waals surface area contributed by atoms with Crippen LogP contribution in [0.2, 0.25) is 0 Å². The Hall–Kier alpha value is -1.24. The Bertz CT molecular complexity index is 375. The summed E-state index contributed by atoms with van der Waals surface area (Å²) >= 11 is 4.09. The van der Waals surface area contributed by atoms with Gasteiger partial charge in [0.05, 0.1) is 0 Å². The number of carboxylic acids is 1. The van der Waals surface area contributed by atoms with Crippen LogP contribution in [0.25, 0.3) is 0 Å². The molecule has 0 spiro atoms. The molecule has 1 rings (SSSR count). The van der Waals surface area contributed by atoms with Crippen molar-refractivity contribution in [1.82, 2.24) is 10.2 Å². The lowest BCUT2D eigenvalue weighted by atomic mass is 10.1. The minimum Gasteiger partial charge on any atom is -0.480 e. The van der Waals surface area contributed by atoms with Crippen LogP contribution >= 0.6 is 12.6 Å². The van der Waals surface area contributed by atoms with E-state index in [0.717, 1.165) is 6.42 Å². The minimum absolute atomic E-state index is 0.101. The number of thiol groups is 1. The lowest BCUT2D eigenvalue weighted by Gasteiger charge is -2.26. The fourth-order valence-electron chi connectivity index (χ4n) is 2.04. The second-order valence-corrected chi connectivity index (χ2v) is 5.21. The van der Waals surface area contributed by atoms with Gasteiger partial charge in [0, 0.05) is 18.2 Å². The zero-order valence-electron chi connectivity index (χ0n) is 11.1. The summed E-state index contributed by atoms with van der Waals surface area (Å²) in [5.74, 6) is -1.40. The molecule has 0 bridgehead atoms. The number of aliphatic carboxylic acids is 1. The van der Waals surface area contributed by atoms with Gasteiger partial charge in [-0.3, -0.25) is 14.4 Å². The fourth-order valence-corrected chi connectivity index (χ4v) is 2.19. The monoisotopic (exact) mass is 288 g/mol. The van der Waals surface area contributed by atoms with Gasteiger partial charge in [0.15, 0.2) is 0 Å². The van der Waals surface area contributed by atoms with Crippen molar-refractivity contribution in [3.63, 3.8) is 0 Å². The van der Waals surface area contributed by atoms with Crippen LogP contribution in [0.3, 0.4) is 0 Å². The third-order valence-electron chi connectivity index (χ3n) is 3.26. The van der Waals surface area contributed by atoms with Crippen LogP contribution in [0, 0.1) is 5.92 Å². The smallest absolute Gasteiger partial charge is 0.325 e. The molecule has 1 saturated heterocycles. The molecule has 0 aliphatic carbocycles. The van der Waals surface area contributed by atoms with E-state index >= 15 is 0 Å². The van der Waals surface area contributed by atoms with E-state index in [1.807, 2.05) is 0 Å². The SMILES string of the molecule is CC(CS)C(=O)N1CCC[C@H]1C(=O)N[C@H](C)C(=O)O. The molecule has 3 atom stereocenters. The Morgan fingerprint density at radius 3 is 2.58 bits per heavy atom. The predicted octanol–water partition coefficient (Wildman–Crippen LogP) is 0.133. The van der Waals surface area contributed by atoms with E-state index in [4.69, 9.17) is 5.11 Å². The number of carboxylic acid groups (broad SMARTS) is 1. The van der Waals surface area contributed by atoms with E-state index in [9.17, 15) is 14.4 Å². The minimum atomic E-state index is -1.09. The van der Waals surface area contributed by atoms with Crippen LogP contribution in [-0.2, 0) is 14.4 Å². The van der Waals surface area contributed by atoms with Crippen molar-refractivity contribution < 1.29 is 19.5 Å². The Labute approximate surface area is 117 Å². The predicted molar refractivity (Wildman–Crippen MR) is 73.0 cm³/mol. The molecule has 19 heavy (non-hydrogen) atoms. The maximum absolute atomic E-state index is 12.1. The molecule has 1 aliphatic heterocycles. The Kier molecular flexibility index (Phi) is 5.65. The zero-order chi connectivity index (χ0) is 14.6. The van der Waals surface area contributed by atoms with Crippen molar-refractivity contribution in [2.45, 2.75) is 38.8 Å². The van der Waals surface area contributed by atoms with Gasteiger partial charge >= 0.3 is 5.97 Å². The molecule has 1 heterocycles. The van der Waals surface area contributed by atoms with Gasteiger partial charge in [0.1, 0.15) is 12.1 Å². The standard InChI is InChI=1S/C12H20N2O4S/c1-7(6-19)11(16)14-5-3-4-9(14)10(15)13-8(2)12(17)18/h7-9,19H,3-6H2,1-2H3,(H,13,15)(H,17,18)/t7?,8-,9+/m1/s1. The molecule has 7 heteroatoms. The number of hydrogen-bond donors (Lipinski definition) is 3. The summed E-state index contributed by atoms with van der Waals surface area (Å²) in [6.07, 6.45) is 1.33. The van der Waals surface area contributed by atoms with Gasteiger partial charge in [-0.1, -0.05) is 6.92 Å². The van der Waals surface area contributed by atoms with Gasteiger partial charge in [-0.2, -0.15) is 12.6 Å². The van der Waals surface area contributed by atoms with E-state index in [0.29, 0.717) is 18.7 Å². The first-order valence-electron chi connectivity index (χ1n) is 6.33. The number of amides is 2. The van der Waals surface area contributed by atoms with Gasteiger partial charge in [-0.05, 0) is 19.8 Å². The van der Waals surface area contributed by atoms with E-state index < -0.39 is 24.0 Å². The third kappa shape index (κ3) is 3.86. The summed E-state index contributed by atoms with van der Waals surface area (Å²) in [5, 5.41) is 11.2. The lowest BCUT2D eigenvalue weighted by molar-refractivity contribution is -0.144. The van der Waals surface area contributed by atoms with Gasteiger partial charge in [0.2, 0.25) is 11.8 Å². The number of rotatable bonds is 5. The van der Waals surface area contributed by atoms with Crippen molar-refractivity contribution in [1.29, 1.82) is 0 Å². The molecule has 2 amide bonds. The second-order valence-electron chi connectivity index (χ2n) is 4.84. The van der Waals surface area contributed by atoms with Crippen molar-refractivity contribution >= 4 is 30.4 Å². The van der Waals surface area contributed by atoms with Crippen LogP contribution in [0.5, 0.6) is 0 Å². The molecule has 0 aromatic heterocycles. The largest absolute Gasteiger partial charge is 0.480 e. The van der Waals surface area contributed by atoms with Crippen molar-refractivity contribution in [2.75, 3.05) is 12.3 Å². The van der Waals surface area contributed by atoms with Gasteiger partial charge < -0.3 is 15.3 Å². The third-order valence-corrected chi connectivity index (χ3v) is 3.81. The highest BCUT2D eigenvalue weighted by Gasteiger charge is 2.36.